The molecule has 0 amide bonds. The molecule has 0 aliphatic carbocycles. The third kappa shape index (κ3) is 2.90. The van der Waals surface area contributed by atoms with Crippen LogP contribution in [0.4, 0.5) is 11.6 Å². The zero-order chi connectivity index (χ0) is 14.7. The van der Waals surface area contributed by atoms with Gasteiger partial charge in [-0.1, -0.05) is 38.1 Å². The summed E-state index contributed by atoms with van der Waals surface area (Å²) in [6.07, 6.45) is 1.53. The van der Waals surface area contributed by atoms with Crippen LogP contribution in [0.5, 0.6) is 0 Å². The van der Waals surface area contributed by atoms with Crippen molar-refractivity contribution in [2.75, 3.05) is 17.7 Å². The Hall–Kier alpha value is -2.10. The number of nitrogen functional groups attached to an aromatic ring is 1. The Morgan fingerprint density at radius 1 is 1.20 bits per heavy atom. The molecule has 2 aromatic rings. The van der Waals surface area contributed by atoms with Gasteiger partial charge in [-0.05, 0) is 24.0 Å². The Bertz CT molecular complexity index is 593. The van der Waals surface area contributed by atoms with Crippen molar-refractivity contribution in [2.45, 2.75) is 33.2 Å². The normalized spacial score (nSPS) is 10.8. The average Bonchev–Trinajstić information content (AvgIpc) is 2.40. The summed E-state index contributed by atoms with van der Waals surface area (Å²) in [6.45, 7) is 7.16. The predicted molar refractivity (Wildman–Crippen MR) is 83.8 cm³/mol. The van der Waals surface area contributed by atoms with Crippen molar-refractivity contribution >= 4 is 11.6 Å². The van der Waals surface area contributed by atoms with Crippen molar-refractivity contribution in [3.63, 3.8) is 0 Å². The van der Waals surface area contributed by atoms with Crippen LogP contribution < -0.4 is 10.6 Å². The van der Waals surface area contributed by atoms with Crippen molar-refractivity contribution in [2.24, 2.45) is 0 Å². The van der Waals surface area contributed by atoms with Crippen LogP contribution in [0.2, 0.25) is 0 Å². The van der Waals surface area contributed by atoms with Crippen molar-refractivity contribution < 1.29 is 0 Å². The average molecular weight is 270 g/mol. The van der Waals surface area contributed by atoms with Crippen molar-refractivity contribution in [1.29, 1.82) is 0 Å². The maximum atomic E-state index is 6.01. The number of nitrogens with two attached hydrogens (primary N) is 1. The van der Waals surface area contributed by atoms with E-state index in [1.54, 1.807) is 0 Å². The van der Waals surface area contributed by atoms with Gasteiger partial charge in [-0.2, -0.15) is 0 Å². The summed E-state index contributed by atoms with van der Waals surface area (Å²) in [5, 5.41) is 0. The smallest absolute Gasteiger partial charge is 0.137 e. The minimum absolute atomic E-state index is 0.297. The molecule has 0 aliphatic heterocycles. The summed E-state index contributed by atoms with van der Waals surface area (Å²) in [6, 6.07) is 8.39. The molecule has 0 spiro atoms. The number of rotatable bonds is 4. The number of anilines is 2. The summed E-state index contributed by atoms with van der Waals surface area (Å²) < 4.78 is 0. The fourth-order valence-electron chi connectivity index (χ4n) is 2.38. The lowest BCUT2D eigenvalue weighted by Crippen LogP contribution is -2.21. The SMILES string of the molecule is Cc1ccccc1CN(C)c1ncnc(N)c1C(C)C. The van der Waals surface area contributed by atoms with Gasteiger partial charge in [0, 0.05) is 19.2 Å². The molecule has 0 saturated carbocycles. The quantitative estimate of drug-likeness (QED) is 0.927. The third-order valence-corrected chi connectivity index (χ3v) is 3.50. The van der Waals surface area contributed by atoms with Gasteiger partial charge in [0.2, 0.25) is 0 Å². The number of aromatic nitrogens is 2. The fraction of sp³-hybridized carbons (Fsp3) is 0.375. The standard InChI is InChI=1S/C16H22N4/c1-11(2)14-15(17)18-10-19-16(14)20(4)9-13-8-6-5-7-12(13)3/h5-8,10-11H,9H2,1-4H3,(H2,17,18,19). The van der Waals surface area contributed by atoms with Crippen LogP contribution in [-0.4, -0.2) is 17.0 Å². The molecule has 0 fully saturated rings. The third-order valence-electron chi connectivity index (χ3n) is 3.50. The zero-order valence-corrected chi connectivity index (χ0v) is 12.6. The first-order chi connectivity index (χ1) is 9.50. The lowest BCUT2D eigenvalue weighted by Gasteiger charge is -2.24. The second kappa shape index (κ2) is 5.90. The molecule has 0 bridgehead atoms. The molecule has 4 heteroatoms. The lowest BCUT2D eigenvalue weighted by molar-refractivity contribution is 0.810. The van der Waals surface area contributed by atoms with Crippen LogP contribution in [0.1, 0.15) is 36.5 Å². The van der Waals surface area contributed by atoms with Gasteiger partial charge in [0.1, 0.15) is 18.0 Å². The Morgan fingerprint density at radius 2 is 1.90 bits per heavy atom. The first-order valence-electron chi connectivity index (χ1n) is 6.86. The molecule has 0 aliphatic rings. The van der Waals surface area contributed by atoms with Gasteiger partial charge in [-0.25, -0.2) is 9.97 Å². The number of hydrogen-bond acceptors (Lipinski definition) is 4. The van der Waals surface area contributed by atoms with Crippen molar-refractivity contribution in [1.82, 2.24) is 9.97 Å². The molecule has 106 valence electrons. The Morgan fingerprint density at radius 3 is 2.55 bits per heavy atom. The van der Waals surface area contributed by atoms with Gasteiger partial charge in [-0.15, -0.1) is 0 Å². The molecule has 20 heavy (non-hydrogen) atoms. The minimum Gasteiger partial charge on any atom is -0.383 e. The molecule has 0 saturated heterocycles. The number of hydrogen-bond donors (Lipinski definition) is 1. The van der Waals surface area contributed by atoms with Crippen LogP contribution in [0.3, 0.4) is 0 Å². The van der Waals surface area contributed by atoms with E-state index in [2.05, 4.69) is 59.9 Å². The predicted octanol–water partition coefficient (Wildman–Crippen LogP) is 3.13. The molecular formula is C16H22N4. The van der Waals surface area contributed by atoms with E-state index in [-0.39, 0.29) is 0 Å². The summed E-state index contributed by atoms with van der Waals surface area (Å²) in [5.41, 5.74) is 9.60. The van der Waals surface area contributed by atoms with Gasteiger partial charge in [-0.3, -0.25) is 0 Å². The van der Waals surface area contributed by atoms with Gasteiger partial charge >= 0.3 is 0 Å². The Labute approximate surface area is 120 Å². The molecule has 0 unspecified atom stereocenters. The first kappa shape index (κ1) is 14.3. The molecule has 1 aromatic carbocycles. The second-order valence-corrected chi connectivity index (χ2v) is 5.43. The first-order valence-corrected chi connectivity index (χ1v) is 6.86. The van der Waals surface area contributed by atoms with Crippen LogP contribution >= 0.6 is 0 Å². The summed E-state index contributed by atoms with van der Waals surface area (Å²) in [4.78, 5) is 10.7. The van der Waals surface area contributed by atoms with E-state index in [1.165, 1.54) is 17.5 Å². The maximum Gasteiger partial charge on any atom is 0.137 e. The highest BCUT2D eigenvalue weighted by atomic mass is 15.2. The van der Waals surface area contributed by atoms with Crippen LogP contribution in [0, 0.1) is 6.92 Å². The van der Waals surface area contributed by atoms with E-state index in [0.29, 0.717) is 11.7 Å². The number of nitrogens with zero attached hydrogens (tertiary/aromatic N) is 3. The highest BCUT2D eigenvalue weighted by molar-refractivity contribution is 5.58. The zero-order valence-electron chi connectivity index (χ0n) is 12.6. The van der Waals surface area contributed by atoms with Crippen molar-refractivity contribution in [3.05, 3.63) is 47.3 Å². The highest BCUT2D eigenvalue weighted by Gasteiger charge is 2.16. The van der Waals surface area contributed by atoms with E-state index < -0.39 is 0 Å². The maximum absolute atomic E-state index is 6.01. The Balaban J connectivity index is 2.33. The summed E-state index contributed by atoms with van der Waals surface area (Å²) in [7, 11) is 2.04. The molecule has 2 rings (SSSR count). The Kier molecular flexibility index (Phi) is 4.23. The topological polar surface area (TPSA) is 55.0 Å². The highest BCUT2D eigenvalue weighted by Crippen LogP contribution is 2.29. The van der Waals surface area contributed by atoms with Gasteiger partial charge in [0.15, 0.2) is 0 Å². The van der Waals surface area contributed by atoms with E-state index in [0.717, 1.165) is 17.9 Å². The fourth-order valence-corrected chi connectivity index (χ4v) is 2.38. The molecule has 0 radical (unpaired) electrons. The minimum atomic E-state index is 0.297. The van der Waals surface area contributed by atoms with Crippen molar-refractivity contribution in [3.8, 4) is 0 Å². The van der Waals surface area contributed by atoms with Gasteiger partial charge < -0.3 is 10.6 Å². The van der Waals surface area contributed by atoms with Crippen LogP contribution in [0.25, 0.3) is 0 Å². The lowest BCUT2D eigenvalue weighted by atomic mass is 10.0. The van der Waals surface area contributed by atoms with E-state index in [9.17, 15) is 0 Å². The molecule has 1 aromatic heterocycles. The van der Waals surface area contributed by atoms with Gasteiger partial charge in [0.25, 0.3) is 0 Å². The van der Waals surface area contributed by atoms with Crippen LogP contribution in [-0.2, 0) is 6.54 Å². The molecule has 4 nitrogen and oxygen atoms in total. The summed E-state index contributed by atoms with van der Waals surface area (Å²) >= 11 is 0. The molecule has 1 heterocycles. The van der Waals surface area contributed by atoms with E-state index in [1.807, 2.05) is 7.05 Å². The largest absolute Gasteiger partial charge is 0.383 e. The van der Waals surface area contributed by atoms with E-state index in [4.69, 9.17) is 5.73 Å². The van der Waals surface area contributed by atoms with E-state index >= 15 is 0 Å². The molecule has 0 atom stereocenters. The monoisotopic (exact) mass is 270 g/mol. The summed E-state index contributed by atoms with van der Waals surface area (Å²) in [5.74, 6) is 1.78. The second-order valence-electron chi connectivity index (χ2n) is 5.43. The molecule has 2 N–H and O–H groups in total. The van der Waals surface area contributed by atoms with Crippen LogP contribution in [0.15, 0.2) is 30.6 Å². The number of benzene rings is 1. The number of aryl methyl sites for hydroxylation is 1. The van der Waals surface area contributed by atoms with Gasteiger partial charge in [0.05, 0.1) is 0 Å². The molecular weight excluding hydrogens is 248 g/mol.